The van der Waals surface area contributed by atoms with Crippen molar-refractivity contribution in [2.45, 2.75) is 19.9 Å². The Morgan fingerprint density at radius 2 is 1.82 bits per heavy atom. The van der Waals surface area contributed by atoms with Crippen molar-refractivity contribution in [3.63, 3.8) is 0 Å². The Hall–Kier alpha value is -3.41. The quantitative estimate of drug-likeness (QED) is 0.689. The minimum Gasteiger partial charge on any atom is -0.332 e. The van der Waals surface area contributed by atoms with Crippen LogP contribution in [0.3, 0.4) is 0 Å². The Morgan fingerprint density at radius 3 is 2.50 bits per heavy atom. The van der Waals surface area contributed by atoms with Gasteiger partial charge in [0.2, 0.25) is 5.91 Å². The molecule has 1 heterocycles. The normalized spacial score (nSPS) is 10.5. The number of aryl methyl sites for hydroxylation is 1. The van der Waals surface area contributed by atoms with Gasteiger partial charge in [-0.3, -0.25) is 14.3 Å². The molecule has 0 aliphatic rings. The van der Waals surface area contributed by atoms with Crippen LogP contribution in [0.25, 0.3) is 0 Å². The van der Waals surface area contributed by atoms with Crippen LogP contribution in [0.5, 0.6) is 0 Å². The van der Waals surface area contributed by atoms with Gasteiger partial charge in [0.05, 0.1) is 13.1 Å². The molecule has 0 fully saturated rings. The van der Waals surface area contributed by atoms with Gasteiger partial charge in [-0.2, -0.15) is 5.10 Å². The first-order valence-corrected chi connectivity index (χ1v) is 9.26. The molecule has 0 radical (unpaired) electrons. The van der Waals surface area contributed by atoms with Crippen LogP contribution in [-0.4, -0.2) is 40.1 Å². The molecule has 0 saturated heterocycles. The average molecular weight is 376 g/mol. The van der Waals surface area contributed by atoms with E-state index in [4.69, 9.17) is 0 Å². The summed E-state index contributed by atoms with van der Waals surface area (Å²) in [5.74, 6) is -0.406. The van der Waals surface area contributed by atoms with E-state index in [0.29, 0.717) is 12.1 Å². The van der Waals surface area contributed by atoms with Gasteiger partial charge in [0, 0.05) is 30.7 Å². The highest BCUT2D eigenvalue weighted by Gasteiger charge is 2.15. The third-order valence-electron chi connectivity index (χ3n) is 4.50. The molecular weight excluding hydrogens is 352 g/mol. The Bertz CT molecular complexity index is 933. The molecule has 2 amide bonds. The number of anilines is 1. The first kappa shape index (κ1) is 19.4. The predicted octanol–water partition coefficient (Wildman–Crippen LogP) is 3.20. The van der Waals surface area contributed by atoms with Crippen molar-refractivity contribution >= 4 is 17.5 Å². The zero-order valence-electron chi connectivity index (χ0n) is 16.1. The van der Waals surface area contributed by atoms with Gasteiger partial charge in [-0.25, -0.2) is 0 Å². The molecule has 1 aromatic heterocycles. The number of likely N-dealkylation sites (N-methyl/N-ethyl adjacent to an activating group) is 1. The molecule has 0 bridgehead atoms. The fourth-order valence-corrected chi connectivity index (χ4v) is 2.98. The number of benzene rings is 2. The summed E-state index contributed by atoms with van der Waals surface area (Å²) in [6, 6.07) is 16.9. The van der Waals surface area contributed by atoms with Crippen molar-refractivity contribution in [1.82, 2.24) is 14.7 Å². The molecule has 6 heteroatoms. The molecule has 2 aromatic carbocycles. The van der Waals surface area contributed by atoms with E-state index in [1.165, 1.54) is 4.90 Å². The number of nitrogens with one attached hydrogen (secondary N) is 1. The Labute approximate surface area is 164 Å². The first-order chi connectivity index (χ1) is 13.6. The summed E-state index contributed by atoms with van der Waals surface area (Å²) in [6.07, 6.45) is 4.45. The monoisotopic (exact) mass is 376 g/mol. The van der Waals surface area contributed by atoms with Crippen LogP contribution in [0.2, 0.25) is 0 Å². The van der Waals surface area contributed by atoms with Gasteiger partial charge >= 0.3 is 0 Å². The fourth-order valence-electron chi connectivity index (χ4n) is 2.98. The van der Waals surface area contributed by atoms with Crippen molar-refractivity contribution in [3.8, 4) is 0 Å². The molecule has 0 aliphatic heterocycles. The standard InChI is InChI=1S/C22H24N4O2/c1-3-18-7-4-5-8-20(18)24-21(27)16-25(2)22(28)19-11-9-17(10-12-19)15-26-14-6-13-23-26/h4-14H,3,15-16H2,1-2H3,(H,24,27). The third kappa shape index (κ3) is 4.85. The van der Waals surface area contributed by atoms with Crippen molar-refractivity contribution < 1.29 is 9.59 Å². The summed E-state index contributed by atoms with van der Waals surface area (Å²) in [5.41, 5.74) is 3.46. The first-order valence-electron chi connectivity index (χ1n) is 9.26. The largest absolute Gasteiger partial charge is 0.332 e. The molecule has 0 spiro atoms. The summed E-state index contributed by atoms with van der Waals surface area (Å²) >= 11 is 0. The summed E-state index contributed by atoms with van der Waals surface area (Å²) in [5, 5.41) is 7.06. The minimum absolute atomic E-state index is 0.00802. The molecular formula is C22H24N4O2. The van der Waals surface area contributed by atoms with Crippen LogP contribution < -0.4 is 5.32 Å². The van der Waals surface area contributed by atoms with Gasteiger partial charge in [-0.05, 0) is 41.8 Å². The van der Waals surface area contributed by atoms with E-state index in [1.807, 2.05) is 60.3 Å². The van der Waals surface area contributed by atoms with Gasteiger partial charge < -0.3 is 10.2 Å². The van der Waals surface area contributed by atoms with Crippen molar-refractivity contribution in [3.05, 3.63) is 83.7 Å². The maximum atomic E-state index is 12.6. The minimum atomic E-state index is -0.216. The lowest BCUT2D eigenvalue weighted by Gasteiger charge is -2.18. The van der Waals surface area contributed by atoms with Gasteiger partial charge in [0.25, 0.3) is 5.91 Å². The van der Waals surface area contributed by atoms with E-state index < -0.39 is 0 Å². The Morgan fingerprint density at radius 1 is 1.07 bits per heavy atom. The van der Waals surface area contributed by atoms with Crippen molar-refractivity contribution in [2.75, 3.05) is 18.9 Å². The summed E-state index contributed by atoms with van der Waals surface area (Å²) in [4.78, 5) is 26.4. The molecule has 0 saturated carbocycles. The molecule has 3 aromatic rings. The number of nitrogens with zero attached hydrogens (tertiary/aromatic N) is 3. The fraction of sp³-hybridized carbons (Fsp3) is 0.227. The summed E-state index contributed by atoms with van der Waals surface area (Å²) in [7, 11) is 1.63. The molecule has 28 heavy (non-hydrogen) atoms. The predicted molar refractivity (Wildman–Crippen MR) is 109 cm³/mol. The van der Waals surface area contributed by atoms with E-state index in [2.05, 4.69) is 10.4 Å². The summed E-state index contributed by atoms with van der Waals surface area (Å²) < 4.78 is 1.82. The lowest BCUT2D eigenvalue weighted by molar-refractivity contribution is -0.116. The number of hydrogen-bond acceptors (Lipinski definition) is 3. The van der Waals surface area contributed by atoms with Crippen molar-refractivity contribution in [2.24, 2.45) is 0 Å². The van der Waals surface area contributed by atoms with E-state index in [1.54, 1.807) is 25.4 Å². The van der Waals surface area contributed by atoms with E-state index in [0.717, 1.165) is 23.2 Å². The second-order valence-corrected chi connectivity index (χ2v) is 6.62. The lowest BCUT2D eigenvalue weighted by atomic mass is 10.1. The van der Waals surface area contributed by atoms with Gasteiger partial charge in [0.1, 0.15) is 0 Å². The molecule has 3 rings (SSSR count). The van der Waals surface area contributed by atoms with E-state index in [-0.39, 0.29) is 18.4 Å². The van der Waals surface area contributed by atoms with Crippen LogP contribution in [0.15, 0.2) is 67.0 Å². The maximum Gasteiger partial charge on any atom is 0.254 e. The van der Waals surface area contributed by atoms with Crippen LogP contribution in [0.4, 0.5) is 5.69 Å². The van der Waals surface area contributed by atoms with Crippen molar-refractivity contribution in [1.29, 1.82) is 0 Å². The maximum absolute atomic E-state index is 12.6. The number of carbonyl (C=O) groups excluding carboxylic acids is 2. The SMILES string of the molecule is CCc1ccccc1NC(=O)CN(C)C(=O)c1ccc(Cn2cccn2)cc1. The molecule has 1 N–H and O–H groups in total. The van der Waals surface area contributed by atoms with Gasteiger partial charge in [-0.15, -0.1) is 0 Å². The van der Waals surface area contributed by atoms with Gasteiger partial charge in [-0.1, -0.05) is 37.3 Å². The number of carbonyl (C=O) groups is 2. The van der Waals surface area contributed by atoms with E-state index in [9.17, 15) is 9.59 Å². The second-order valence-electron chi connectivity index (χ2n) is 6.62. The molecule has 144 valence electrons. The van der Waals surface area contributed by atoms with Gasteiger partial charge in [0.15, 0.2) is 0 Å². The van der Waals surface area contributed by atoms with Crippen LogP contribution in [0, 0.1) is 0 Å². The molecule has 0 aliphatic carbocycles. The second kappa shape index (κ2) is 8.99. The molecule has 6 nitrogen and oxygen atoms in total. The Balaban J connectivity index is 1.58. The van der Waals surface area contributed by atoms with Crippen LogP contribution in [-0.2, 0) is 17.8 Å². The Kier molecular flexibility index (Phi) is 6.22. The number of rotatable bonds is 7. The van der Waals surface area contributed by atoms with E-state index >= 15 is 0 Å². The number of hydrogen-bond donors (Lipinski definition) is 1. The van der Waals surface area contributed by atoms with Crippen LogP contribution >= 0.6 is 0 Å². The number of aromatic nitrogens is 2. The zero-order valence-corrected chi connectivity index (χ0v) is 16.1. The highest BCUT2D eigenvalue weighted by molar-refractivity contribution is 5.99. The third-order valence-corrected chi connectivity index (χ3v) is 4.50. The smallest absolute Gasteiger partial charge is 0.254 e. The average Bonchev–Trinajstić information content (AvgIpc) is 3.21. The lowest BCUT2D eigenvalue weighted by Crippen LogP contribution is -2.35. The highest BCUT2D eigenvalue weighted by Crippen LogP contribution is 2.15. The number of para-hydroxylation sites is 1. The highest BCUT2D eigenvalue weighted by atomic mass is 16.2. The molecule has 0 atom stereocenters. The van der Waals surface area contributed by atoms with Crippen LogP contribution in [0.1, 0.15) is 28.4 Å². The number of amides is 2. The molecule has 0 unspecified atom stereocenters. The summed E-state index contributed by atoms with van der Waals surface area (Å²) in [6.45, 7) is 2.68. The topological polar surface area (TPSA) is 67.2 Å². The zero-order chi connectivity index (χ0) is 19.9.